The Hall–Kier alpha value is -3.97. The fraction of sp³-hybridized carbons (Fsp3) is 0. The number of nitro benzene ring substituents is 1. The van der Waals surface area contributed by atoms with Gasteiger partial charge in [0, 0.05) is 29.5 Å². The zero-order valence-corrected chi connectivity index (χ0v) is 16.4. The van der Waals surface area contributed by atoms with E-state index in [0.29, 0.717) is 16.4 Å². The molecule has 0 amide bonds. The van der Waals surface area contributed by atoms with Gasteiger partial charge in [-0.25, -0.2) is 4.68 Å². The zero-order chi connectivity index (χ0) is 20.9. The summed E-state index contributed by atoms with van der Waals surface area (Å²) in [5.41, 5.74) is 6.80. The van der Waals surface area contributed by atoms with E-state index in [1.807, 2.05) is 54.7 Å². The van der Waals surface area contributed by atoms with Crippen LogP contribution in [-0.2, 0) is 0 Å². The highest BCUT2D eigenvalue weighted by atomic mass is 35.5. The zero-order valence-electron chi connectivity index (χ0n) is 15.6. The van der Waals surface area contributed by atoms with E-state index in [9.17, 15) is 10.1 Å². The van der Waals surface area contributed by atoms with E-state index in [1.54, 1.807) is 29.1 Å². The molecule has 0 aliphatic rings. The molecule has 0 atom stereocenters. The molecule has 0 bridgehead atoms. The van der Waals surface area contributed by atoms with Gasteiger partial charge in [0.2, 0.25) is 0 Å². The summed E-state index contributed by atoms with van der Waals surface area (Å²) in [6, 6.07) is 23.3. The lowest BCUT2D eigenvalue weighted by atomic mass is 10.1. The second kappa shape index (κ2) is 8.59. The highest BCUT2D eigenvalue weighted by Crippen LogP contribution is 2.24. The lowest BCUT2D eigenvalue weighted by Crippen LogP contribution is -1.95. The molecule has 7 nitrogen and oxygen atoms in total. The molecule has 0 saturated carbocycles. The van der Waals surface area contributed by atoms with E-state index in [2.05, 4.69) is 15.6 Å². The Morgan fingerprint density at radius 3 is 2.40 bits per heavy atom. The van der Waals surface area contributed by atoms with Gasteiger partial charge in [0.25, 0.3) is 5.69 Å². The molecule has 0 spiro atoms. The smallest absolute Gasteiger partial charge is 0.269 e. The van der Waals surface area contributed by atoms with Crippen molar-refractivity contribution in [1.82, 2.24) is 9.78 Å². The maximum absolute atomic E-state index is 10.9. The quantitative estimate of drug-likeness (QED) is 0.253. The van der Waals surface area contributed by atoms with Gasteiger partial charge >= 0.3 is 0 Å². The molecule has 4 rings (SSSR count). The fourth-order valence-corrected chi connectivity index (χ4v) is 3.06. The van der Waals surface area contributed by atoms with E-state index < -0.39 is 4.92 Å². The van der Waals surface area contributed by atoms with E-state index in [-0.39, 0.29) is 5.69 Å². The number of nitrogens with one attached hydrogen (secondary N) is 1. The van der Waals surface area contributed by atoms with Crippen molar-refractivity contribution in [2.75, 3.05) is 5.43 Å². The number of halogens is 1. The predicted molar refractivity (Wildman–Crippen MR) is 118 cm³/mol. The molecular formula is C22H16ClN5O2. The van der Waals surface area contributed by atoms with Crippen LogP contribution in [0.2, 0.25) is 5.02 Å². The van der Waals surface area contributed by atoms with Crippen LogP contribution < -0.4 is 5.43 Å². The van der Waals surface area contributed by atoms with Gasteiger partial charge in [0.1, 0.15) is 5.69 Å². The summed E-state index contributed by atoms with van der Waals surface area (Å²) >= 11 is 6.15. The minimum Gasteiger partial charge on any atom is -0.277 e. The summed E-state index contributed by atoms with van der Waals surface area (Å²) in [5, 5.41) is 20.4. The van der Waals surface area contributed by atoms with Crippen molar-refractivity contribution in [3.63, 3.8) is 0 Å². The number of benzene rings is 3. The summed E-state index contributed by atoms with van der Waals surface area (Å²) in [6.07, 6.45) is 3.49. The van der Waals surface area contributed by atoms with Crippen molar-refractivity contribution in [3.8, 4) is 16.9 Å². The van der Waals surface area contributed by atoms with E-state index in [1.165, 1.54) is 12.1 Å². The normalized spacial score (nSPS) is 11.0. The first kappa shape index (κ1) is 19.4. The third-order valence-electron chi connectivity index (χ3n) is 4.38. The van der Waals surface area contributed by atoms with Gasteiger partial charge in [-0.05, 0) is 24.3 Å². The van der Waals surface area contributed by atoms with Crippen LogP contribution >= 0.6 is 11.6 Å². The van der Waals surface area contributed by atoms with Crippen molar-refractivity contribution in [2.45, 2.75) is 0 Å². The monoisotopic (exact) mass is 417 g/mol. The second-order valence-corrected chi connectivity index (χ2v) is 6.77. The third-order valence-corrected chi connectivity index (χ3v) is 4.71. The summed E-state index contributed by atoms with van der Waals surface area (Å²) in [6.45, 7) is 0. The Labute approximate surface area is 177 Å². The lowest BCUT2D eigenvalue weighted by Gasteiger charge is -2.02. The first-order chi connectivity index (χ1) is 14.6. The van der Waals surface area contributed by atoms with Gasteiger partial charge in [-0.2, -0.15) is 10.2 Å². The van der Waals surface area contributed by atoms with Crippen molar-refractivity contribution in [2.24, 2.45) is 5.10 Å². The molecule has 3 aromatic carbocycles. The highest BCUT2D eigenvalue weighted by molar-refractivity contribution is 6.33. The number of hydrazone groups is 1. The van der Waals surface area contributed by atoms with Gasteiger partial charge in [-0.15, -0.1) is 0 Å². The number of hydrogen-bond donors (Lipinski definition) is 1. The first-order valence-corrected chi connectivity index (χ1v) is 9.43. The number of para-hydroxylation sites is 1. The number of nitrogens with zero attached hydrogens (tertiary/aromatic N) is 4. The molecule has 148 valence electrons. The second-order valence-electron chi connectivity index (χ2n) is 6.37. The molecule has 1 heterocycles. The van der Waals surface area contributed by atoms with Crippen molar-refractivity contribution < 1.29 is 4.92 Å². The molecule has 8 heteroatoms. The SMILES string of the molecule is O=[N+]([O-])c1ccc(-n2cc(C=NNc3ccccc3Cl)c(-c3ccccc3)n2)cc1. The third kappa shape index (κ3) is 4.21. The highest BCUT2D eigenvalue weighted by Gasteiger charge is 2.12. The number of rotatable bonds is 6. The number of non-ortho nitro benzene ring substituents is 1. The number of aromatic nitrogens is 2. The minimum atomic E-state index is -0.430. The van der Waals surface area contributed by atoms with Crippen LogP contribution in [0.5, 0.6) is 0 Å². The van der Waals surface area contributed by atoms with Gasteiger partial charge in [-0.3, -0.25) is 15.5 Å². The Morgan fingerprint density at radius 1 is 1.00 bits per heavy atom. The Balaban J connectivity index is 1.68. The topological polar surface area (TPSA) is 85.3 Å². The van der Waals surface area contributed by atoms with Gasteiger partial charge in [0.15, 0.2) is 0 Å². The molecule has 1 N–H and O–H groups in total. The molecule has 0 radical (unpaired) electrons. The summed E-state index contributed by atoms with van der Waals surface area (Å²) in [4.78, 5) is 10.5. The Bertz CT molecular complexity index is 1200. The predicted octanol–water partition coefficient (Wildman–Crippen LogP) is 5.55. The van der Waals surface area contributed by atoms with Gasteiger partial charge < -0.3 is 0 Å². The largest absolute Gasteiger partial charge is 0.277 e. The van der Waals surface area contributed by atoms with Crippen LogP contribution in [0, 0.1) is 10.1 Å². The van der Waals surface area contributed by atoms with Gasteiger partial charge in [-0.1, -0.05) is 54.1 Å². The van der Waals surface area contributed by atoms with Crippen LogP contribution in [0.25, 0.3) is 16.9 Å². The van der Waals surface area contributed by atoms with Gasteiger partial charge in [0.05, 0.1) is 27.5 Å². The lowest BCUT2D eigenvalue weighted by molar-refractivity contribution is -0.384. The first-order valence-electron chi connectivity index (χ1n) is 9.05. The molecule has 0 unspecified atom stereocenters. The summed E-state index contributed by atoms with van der Waals surface area (Å²) in [7, 11) is 0. The molecule has 0 saturated heterocycles. The molecule has 30 heavy (non-hydrogen) atoms. The molecule has 0 fully saturated rings. The average molecular weight is 418 g/mol. The van der Waals surface area contributed by atoms with Crippen LogP contribution in [-0.4, -0.2) is 20.9 Å². The van der Waals surface area contributed by atoms with Crippen molar-refractivity contribution in [3.05, 3.63) is 106 Å². The van der Waals surface area contributed by atoms with Crippen LogP contribution in [0.3, 0.4) is 0 Å². The molecule has 0 aliphatic heterocycles. The number of anilines is 1. The molecule has 4 aromatic rings. The fourth-order valence-electron chi connectivity index (χ4n) is 2.88. The summed E-state index contributed by atoms with van der Waals surface area (Å²) in [5.74, 6) is 0. The molecule has 1 aromatic heterocycles. The number of nitro groups is 1. The van der Waals surface area contributed by atoms with E-state index in [0.717, 1.165) is 16.8 Å². The summed E-state index contributed by atoms with van der Waals surface area (Å²) < 4.78 is 1.67. The van der Waals surface area contributed by atoms with E-state index in [4.69, 9.17) is 11.6 Å². The van der Waals surface area contributed by atoms with Crippen LogP contribution in [0.1, 0.15) is 5.56 Å². The minimum absolute atomic E-state index is 0.0277. The Kier molecular flexibility index (Phi) is 5.54. The molecule has 0 aliphatic carbocycles. The maximum Gasteiger partial charge on any atom is 0.269 e. The molecular weight excluding hydrogens is 402 g/mol. The van der Waals surface area contributed by atoms with E-state index >= 15 is 0 Å². The van der Waals surface area contributed by atoms with Crippen molar-refractivity contribution >= 4 is 29.2 Å². The Morgan fingerprint density at radius 2 is 1.70 bits per heavy atom. The van der Waals surface area contributed by atoms with Crippen molar-refractivity contribution in [1.29, 1.82) is 0 Å². The average Bonchev–Trinajstić information content (AvgIpc) is 3.20. The number of hydrogen-bond acceptors (Lipinski definition) is 5. The van der Waals surface area contributed by atoms with Crippen LogP contribution in [0.4, 0.5) is 11.4 Å². The maximum atomic E-state index is 10.9. The van der Waals surface area contributed by atoms with Crippen LogP contribution in [0.15, 0.2) is 90.2 Å². The standard InChI is InChI=1S/C22H16ClN5O2/c23-20-8-4-5-9-21(20)25-24-14-17-15-27(18-10-12-19(13-11-18)28(29)30)26-22(17)16-6-2-1-3-7-16/h1-15,25H.